The quantitative estimate of drug-likeness (QED) is 0.869. The summed E-state index contributed by atoms with van der Waals surface area (Å²) < 4.78 is 1.76. The average Bonchev–Trinajstić information content (AvgIpc) is 3.02. The van der Waals surface area contributed by atoms with Gasteiger partial charge in [-0.05, 0) is 57.9 Å². The summed E-state index contributed by atoms with van der Waals surface area (Å²) in [6.07, 6.45) is 1.48. The lowest BCUT2D eigenvalue weighted by atomic mass is 10.1. The molecule has 1 fully saturated rings. The molecule has 1 aromatic heterocycles. The number of nitrogens with one attached hydrogen (secondary N) is 1. The Hall–Kier alpha value is -1.70. The SMILES string of the molecule is CC(C)NC(=O)N1[C@H](CO)CC[C@@H]1c1nnnn1C(C)(C)C. The molecule has 1 aliphatic heterocycles. The Balaban J connectivity index is 2.33. The van der Waals surface area contributed by atoms with Crippen LogP contribution in [0.2, 0.25) is 0 Å². The van der Waals surface area contributed by atoms with Crippen LogP contribution >= 0.6 is 0 Å². The summed E-state index contributed by atoms with van der Waals surface area (Å²) in [5.41, 5.74) is -0.268. The van der Waals surface area contributed by atoms with Crippen molar-refractivity contribution in [2.24, 2.45) is 0 Å². The lowest BCUT2D eigenvalue weighted by molar-refractivity contribution is 0.131. The van der Waals surface area contributed by atoms with Gasteiger partial charge < -0.3 is 15.3 Å². The fraction of sp³-hybridized carbons (Fsp3) is 0.857. The first-order chi connectivity index (χ1) is 10.3. The molecule has 22 heavy (non-hydrogen) atoms. The second kappa shape index (κ2) is 6.20. The Labute approximate surface area is 130 Å². The highest BCUT2D eigenvalue weighted by atomic mass is 16.3. The summed E-state index contributed by atoms with van der Waals surface area (Å²) >= 11 is 0. The zero-order valence-electron chi connectivity index (χ0n) is 13.9. The van der Waals surface area contributed by atoms with E-state index in [1.54, 1.807) is 9.58 Å². The average molecular weight is 310 g/mol. The zero-order valence-corrected chi connectivity index (χ0v) is 13.9. The van der Waals surface area contributed by atoms with Crippen LogP contribution in [0.5, 0.6) is 0 Å². The van der Waals surface area contributed by atoms with Gasteiger partial charge in [0.1, 0.15) is 0 Å². The molecule has 2 N–H and O–H groups in total. The number of hydrogen-bond acceptors (Lipinski definition) is 5. The summed E-state index contributed by atoms with van der Waals surface area (Å²) in [6.45, 7) is 9.82. The number of hydrogen-bond donors (Lipinski definition) is 2. The number of carbonyl (C=O) groups excluding carboxylic acids is 1. The van der Waals surface area contributed by atoms with Crippen LogP contribution in [0, 0.1) is 0 Å². The van der Waals surface area contributed by atoms with E-state index in [0.717, 1.165) is 12.8 Å². The molecule has 0 aliphatic carbocycles. The normalized spacial score (nSPS) is 22.4. The molecule has 0 spiro atoms. The number of carbonyl (C=O) groups is 1. The second-order valence-electron chi connectivity index (χ2n) is 7.06. The number of likely N-dealkylation sites (tertiary alicyclic amines) is 1. The predicted octanol–water partition coefficient (Wildman–Crippen LogP) is 1.04. The minimum atomic E-state index is -0.268. The number of aliphatic hydroxyl groups excluding tert-OH is 1. The third-order valence-electron chi connectivity index (χ3n) is 3.79. The maximum absolute atomic E-state index is 12.5. The van der Waals surface area contributed by atoms with Crippen molar-refractivity contribution in [3.63, 3.8) is 0 Å². The predicted molar refractivity (Wildman–Crippen MR) is 81.2 cm³/mol. The summed E-state index contributed by atoms with van der Waals surface area (Å²) in [7, 11) is 0. The van der Waals surface area contributed by atoms with Crippen molar-refractivity contribution in [3.05, 3.63) is 5.82 Å². The van der Waals surface area contributed by atoms with Crippen molar-refractivity contribution in [1.29, 1.82) is 0 Å². The number of amides is 2. The van der Waals surface area contributed by atoms with Gasteiger partial charge in [0.25, 0.3) is 0 Å². The van der Waals surface area contributed by atoms with Gasteiger partial charge in [0.15, 0.2) is 5.82 Å². The van der Waals surface area contributed by atoms with Crippen LogP contribution in [0.1, 0.15) is 59.3 Å². The van der Waals surface area contributed by atoms with Crippen LogP contribution in [-0.2, 0) is 5.54 Å². The fourth-order valence-electron chi connectivity index (χ4n) is 2.82. The Morgan fingerprint density at radius 1 is 1.41 bits per heavy atom. The highest BCUT2D eigenvalue weighted by Gasteiger charge is 2.41. The standard InChI is InChI=1S/C14H26N6O2/c1-9(2)15-13(22)19-10(8-21)6-7-11(19)12-16-17-18-20(12)14(3,4)5/h9-11,21H,6-8H2,1-5H3,(H,15,22)/t10-,11+/m0/s1. The van der Waals surface area contributed by atoms with Crippen LogP contribution in [0.15, 0.2) is 0 Å². The van der Waals surface area contributed by atoms with E-state index < -0.39 is 0 Å². The number of aliphatic hydroxyl groups is 1. The van der Waals surface area contributed by atoms with Gasteiger partial charge in [-0.25, -0.2) is 9.48 Å². The second-order valence-corrected chi connectivity index (χ2v) is 7.06. The molecule has 0 saturated carbocycles. The van der Waals surface area contributed by atoms with Crippen LogP contribution in [0.4, 0.5) is 4.79 Å². The van der Waals surface area contributed by atoms with Crippen molar-refractivity contribution >= 4 is 6.03 Å². The number of nitrogens with zero attached hydrogens (tertiary/aromatic N) is 5. The Morgan fingerprint density at radius 2 is 2.09 bits per heavy atom. The summed E-state index contributed by atoms with van der Waals surface area (Å²) in [5, 5.41) is 24.5. The highest BCUT2D eigenvalue weighted by molar-refractivity contribution is 5.75. The topological polar surface area (TPSA) is 96.2 Å². The molecule has 8 heteroatoms. The van der Waals surface area contributed by atoms with Gasteiger partial charge in [-0.15, -0.1) is 5.10 Å². The number of aromatic nitrogens is 4. The van der Waals surface area contributed by atoms with Crippen LogP contribution in [0.3, 0.4) is 0 Å². The molecule has 2 amide bonds. The van der Waals surface area contributed by atoms with E-state index in [9.17, 15) is 9.90 Å². The molecule has 0 radical (unpaired) electrons. The molecule has 1 aliphatic rings. The zero-order chi connectivity index (χ0) is 16.5. The Morgan fingerprint density at radius 3 is 2.64 bits per heavy atom. The van der Waals surface area contributed by atoms with Crippen molar-refractivity contribution in [2.75, 3.05) is 6.61 Å². The van der Waals surface area contributed by atoms with Crippen molar-refractivity contribution < 1.29 is 9.90 Å². The Bertz CT molecular complexity index is 522. The van der Waals surface area contributed by atoms with Crippen molar-refractivity contribution in [3.8, 4) is 0 Å². The monoisotopic (exact) mass is 310 g/mol. The van der Waals surface area contributed by atoms with Gasteiger partial charge in [-0.3, -0.25) is 0 Å². The molecule has 1 aromatic rings. The fourth-order valence-corrected chi connectivity index (χ4v) is 2.82. The smallest absolute Gasteiger partial charge is 0.318 e. The van der Waals surface area contributed by atoms with Gasteiger partial charge in [-0.1, -0.05) is 0 Å². The molecule has 2 heterocycles. The van der Waals surface area contributed by atoms with Gasteiger partial charge >= 0.3 is 6.03 Å². The lowest BCUT2D eigenvalue weighted by Crippen LogP contribution is -2.48. The van der Waals surface area contributed by atoms with E-state index in [4.69, 9.17) is 0 Å². The first kappa shape index (κ1) is 16.7. The molecule has 0 bridgehead atoms. The number of urea groups is 1. The van der Waals surface area contributed by atoms with Gasteiger partial charge in [0.2, 0.25) is 0 Å². The van der Waals surface area contributed by atoms with E-state index in [2.05, 4.69) is 20.8 Å². The molecule has 2 atom stereocenters. The van der Waals surface area contributed by atoms with E-state index in [0.29, 0.717) is 5.82 Å². The van der Waals surface area contributed by atoms with Crippen LogP contribution in [-0.4, -0.2) is 54.9 Å². The van der Waals surface area contributed by atoms with Gasteiger partial charge in [-0.2, -0.15) is 0 Å². The minimum absolute atomic E-state index is 0.0340. The molecular weight excluding hydrogens is 284 g/mol. The van der Waals surface area contributed by atoms with Gasteiger partial charge in [0.05, 0.1) is 24.2 Å². The third kappa shape index (κ3) is 3.21. The molecule has 2 rings (SSSR count). The van der Waals surface area contributed by atoms with Crippen LogP contribution in [0.25, 0.3) is 0 Å². The molecule has 0 unspecified atom stereocenters. The maximum atomic E-state index is 12.5. The van der Waals surface area contributed by atoms with Crippen LogP contribution < -0.4 is 5.32 Å². The number of rotatable bonds is 3. The molecule has 0 aromatic carbocycles. The summed E-state index contributed by atoms with van der Waals surface area (Å²) in [5.74, 6) is 0.669. The molecule has 1 saturated heterocycles. The van der Waals surface area contributed by atoms with Crippen molar-refractivity contribution in [1.82, 2.24) is 30.4 Å². The lowest BCUT2D eigenvalue weighted by Gasteiger charge is -2.31. The third-order valence-corrected chi connectivity index (χ3v) is 3.79. The van der Waals surface area contributed by atoms with Crippen molar-refractivity contribution in [2.45, 2.75) is 71.1 Å². The summed E-state index contributed by atoms with van der Waals surface area (Å²) in [6, 6.07) is -0.564. The minimum Gasteiger partial charge on any atom is -0.394 e. The largest absolute Gasteiger partial charge is 0.394 e. The Kier molecular flexibility index (Phi) is 4.69. The molecular formula is C14H26N6O2. The van der Waals surface area contributed by atoms with E-state index >= 15 is 0 Å². The van der Waals surface area contributed by atoms with E-state index in [1.165, 1.54) is 0 Å². The first-order valence-corrected chi connectivity index (χ1v) is 7.74. The van der Waals surface area contributed by atoms with Gasteiger partial charge in [0, 0.05) is 6.04 Å². The molecule has 8 nitrogen and oxygen atoms in total. The van der Waals surface area contributed by atoms with E-state index in [-0.39, 0.29) is 36.3 Å². The molecule has 124 valence electrons. The maximum Gasteiger partial charge on any atom is 0.318 e. The highest BCUT2D eigenvalue weighted by Crippen LogP contribution is 2.36. The first-order valence-electron chi connectivity index (χ1n) is 7.74. The summed E-state index contributed by atoms with van der Waals surface area (Å²) in [4.78, 5) is 14.2. The van der Waals surface area contributed by atoms with E-state index in [1.807, 2.05) is 34.6 Å². The number of tetrazole rings is 1.